The van der Waals surface area contributed by atoms with Gasteiger partial charge in [-0.05, 0) is 51.3 Å². The van der Waals surface area contributed by atoms with Crippen molar-refractivity contribution >= 4 is 0 Å². The highest BCUT2D eigenvalue weighted by molar-refractivity contribution is 4.99. The Hall–Kier alpha value is -0.800. The van der Waals surface area contributed by atoms with Crippen molar-refractivity contribution in [1.29, 1.82) is 0 Å². The summed E-state index contributed by atoms with van der Waals surface area (Å²) in [7, 11) is 0. The molecule has 0 bridgehead atoms. The van der Waals surface area contributed by atoms with Crippen molar-refractivity contribution in [2.75, 3.05) is 13.2 Å². The summed E-state index contributed by atoms with van der Waals surface area (Å²) in [5.41, 5.74) is 0. The molecule has 1 fully saturated rings. The zero-order valence-corrected chi connectivity index (χ0v) is 10.7. The second-order valence-corrected chi connectivity index (χ2v) is 4.92. The van der Waals surface area contributed by atoms with Crippen LogP contribution in [0, 0.1) is 0 Å². The molecule has 1 saturated heterocycles. The number of rotatable bonds is 7. The minimum atomic E-state index is 0.477. The van der Waals surface area contributed by atoms with E-state index in [9.17, 15) is 0 Å². The van der Waals surface area contributed by atoms with Crippen LogP contribution < -0.4 is 5.32 Å². The smallest absolute Gasteiger partial charge is 0.105 e. The van der Waals surface area contributed by atoms with Crippen molar-refractivity contribution in [1.82, 2.24) is 5.32 Å². The summed E-state index contributed by atoms with van der Waals surface area (Å²) in [5.74, 6) is 1.06. The number of furan rings is 1. The highest BCUT2D eigenvalue weighted by Gasteiger charge is 2.14. The molecule has 96 valence electrons. The molecule has 1 aromatic rings. The van der Waals surface area contributed by atoms with Crippen molar-refractivity contribution in [3.05, 3.63) is 24.2 Å². The fraction of sp³-hybridized carbons (Fsp3) is 0.714. The first-order chi connectivity index (χ1) is 8.34. The summed E-state index contributed by atoms with van der Waals surface area (Å²) in [6, 6.07) is 4.45. The molecule has 2 rings (SSSR count). The lowest BCUT2D eigenvalue weighted by Crippen LogP contribution is -2.29. The third kappa shape index (κ3) is 4.52. The largest absolute Gasteiger partial charge is 0.469 e. The van der Waals surface area contributed by atoms with Gasteiger partial charge in [0, 0.05) is 19.1 Å². The summed E-state index contributed by atoms with van der Waals surface area (Å²) >= 11 is 0. The van der Waals surface area contributed by atoms with Gasteiger partial charge in [-0.15, -0.1) is 0 Å². The Labute approximate surface area is 104 Å². The molecule has 0 spiro atoms. The van der Waals surface area contributed by atoms with Gasteiger partial charge in [0.05, 0.1) is 12.4 Å². The first kappa shape index (κ1) is 12.7. The zero-order valence-electron chi connectivity index (χ0n) is 10.7. The number of hydrogen-bond donors (Lipinski definition) is 1. The Bertz CT molecular complexity index is 291. The van der Waals surface area contributed by atoms with Gasteiger partial charge in [-0.2, -0.15) is 0 Å². The second-order valence-electron chi connectivity index (χ2n) is 4.92. The summed E-state index contributed by atoms with van der Waals surface area (Å²) in [5, 5.41) is 3.53. The van der Waals surface area contributed by atoms with Crippen LogP contribution in [0.1, 0.15) is 38.4 Å². The third-order valence-corrected chi connectivity index (χ3v) is 3.31. The standard InChI is InChI=1S/C14H23NO2/c1-12(11-14-7-4-10-17-14)15-8-2-5-13-6-3-9-16-13/h4,7,10,12-13,15H,2-3,5-6,8-9,11H2,1H3. The molecule has 2 atom stereocenters. The van der Waals surface area contributed by atoms with E-state index in [4.69, 9.17) is 9.15 Å². The normalized spacial score (nSPS) is 21.8. The minimum Gasteiger partial charge on any atom is -0.469 e. The quantitative estimate of drug-likeness (QED) is 0.740. The van der Waals surface area contributed by atoms with Crippen LogP contribution in [0.3, 0.4) is 0 Å². The number of nitrogens with one attached hydrogen (secondary N) is 1. The van der Waals surface area contributed by atoms with E-state index in [1.165, 1.54) is 25.7 Å². The molecular formula is C14H23NO2. The number of ether oxygens (including phenoxy) is 1. The molecule has 1 aliphatic rings. The zero-order chi connectivity index (χ0) is 11.9. The molecule has 0 amide bonds. The Morgan fingerprint density at radius 1 is 1.53 bits per heavy atom. The lowest BCUT2D eigenvalue weighted by Gasteiger charge is -2.13. The maximum atomic E-state index is 5.60. The van der Waals surface area contributed by atoms with E-state index in [-0.39, 0.29) is 0 Å². The van der Waals surface area contributed by atoms with Gasteiger partial charge in [0.1, 0.15) is 5.76 Å². The van der Waals surface area contributed by atoms with Crippen molar-refractivity contribution in [2.45, 2.75) is 51.2 Å². The van der Waals surface area contributed by atoms with E-state index < -0.39 is 0 Å². The average molecular weight is 237 g/mol. The lowest BCUT2D eigenvalue weighted by molar-refractivity contribution is 0.102. The van der Waals surface area contributed by atoms with Gasteiger partial charge in [0.2, 0.25) is 0 Å². The lowest BCUT2D eigenvalue weighted by atomic mass is 10.1. The molecule has 2 unspecified atom stereocenters. The predicted octanol–water partition coefficient (Wildman–Crippen LogP) is 2.76. The molecular weight excluding hydrogens is 214 g/mol. The fourth-order valence-corrected chi connectivity index (χ4v) is 2.35. The van der Waals surface area contributed by atoms with E-state index in [0.717, 1.165) is 25.3 Å². The van der Waals surface area contributed by atoms with Gasteiger partial charge in [-0.3, -0.25) is 0 Å². The van der Waals surface area contributed by atoms with E-state index in [2.05, 4.69) is 12.2 Å². The Balaban J connectivity index is 1.52. The van der Waals surface area contributed by atoms with Crippen molar-refractivity contribution in [3.8, 4) is 0 Å². The molecule has 1 N–H and O–H groups in total. The molecule has 17 heavy (non-hydrogen) atoms. The summed E-state index contributed by atoms with van der Waals surface area (Å²) in [6.07, 6.45) is 8.12. The summed E-state index contributed by atoms with van der Waals surface area (Å²) in [6.45, 7) is 4.24. The van der Waals surface area contributed by atoms with E-state index >= 15 is 0 Å². The van der Waals surface area contributed by atoms with Gasteiger partial charge in [-0.25, -0.2) is 0 Å². The van der Waals surface area contributed by atoms with Crippen LogP contribution in [-0.2, 0) is 11.2 Å². The molecule has 3 heteroatoms. The Morgan fingerprint density at radius 2 is 2.47 bits per heavy atom. The summed E-state index contributed by atoms with van der Waals surface area (Å²) < 4.78 is 10.9. The van der Waals surface area contributed by atoms with Crippen LogP contribution in [0.5, 0.6) is 0 Å². The molecule has 0 aromatic carbocycles. The first-order valence-corrected chi connectivity index (χ1v) is 6.72. The Kier molecular flexibility index (Phi) is 5.08. The predicted molar refractivity (Wildman–Crippen MR) is 68.1 cm³/mol. The third-order valence-electron chi connectivity index (χ3n) is 3.31. The van der Waals surface area contributed by atoms with E-state index in [1.54, 1.807) is 6.26 Å². The SMILES string of the molecule is CC(Cc1ccco1)NCCCC1CCCO1. The molecule has 0 radical (unpaired) electrons. The molecule has 1 aromatic heterocycles. The monoisotopic (exact) mass is 237 g/mol. The Morgan fingerprint density at radius 3 is 3.18 bits per heavy atom. The highest BCUT2D eigenvalue weighted by Crippen LogP contribution is 2.16. The number of hydrogen-bond acceptors (Lipinski definition) is 3. The van der Waals surface area contributed by atoms with Gasteiger partial charge in [0.15, 0.2) is 0 Å². The van der Waals surface area contributed by atoms with Crippen molar-refractivity contribution in [3.63, 3.8) is 0 Å². The fourth-order valence-electron chi connectivity index (χ4n) is 2.35. The molecule has 0 aliphatic carbocycles. The second kappa shape index (κ2) is 6.82. The minimum absolute atomic E-state index is 0.477. The van der Waals surface area contributed by atoms with Gasteiger partial charge < -0.3 is 14.5 Å². The first-order valence-electron chi connectivity index (χ1n) is 6.72. The molecule has 1 aliphatic heterocycles. The van der Waals surface area contributed by atoms with Gasteiger partial charge in [-0.1, -0.05) is 0 Å². The maximum Gasteiger partial charge on any atom is 0.105 e. The van der Waals surface area contributed by atoms with Crippen LogP contribution >= 0.6 is 0 Å². The van der Waals surface area contributed by atoms with Crippen molar-refractivity contribution < 1.29 is 9.15 Å². The van der Waals surface area contributed by atoms with Crippen LogP contribution in [0.15, 0.2) is 22.8 Å². The molecule has 3 nitrogen and oxygen atoms in total. The van der Waals surface area contributed by atoms with Crippen LogP contribution in [-0.4, -0.2) is 25.3 Å². The van der Waals surface area contributed by atoms with Crippen LogP contribution in [0.2, 0.25) is 0 Å². The van der Waals surface area contributed by atoms with Crippen LogP contribution in [0.4, 0.5) is 0 Å². The maximum absolute atomic E-state index is 5.60. The molecule has 2 heterocycles. The van der Waals surface area contributed by atoms with Gasteiger partial charge >= 0.3 is 0 Å². The van der Waals surface area contributed by atoms with E-state index in [1.807, 2.05) is 12.1 Å². The average Bonchev–Trinajstić information content (AvgIpc) is 2.96. The molecule has 0 saturated carbocycles. The highest BCUT2D eigenvalue weighted by atomic mass is 16.5. The van der Waals surface area contributed by atoms with Gasteiger partial charge in [0.25, 0.3) is 0 Å². The topological polar surface area (TPSA) is 34.4 Å². The summed E-state index contributed by atoms with van der Waals surface area (Å²) in [4.78, 5) is 0. The van der Waals surface area contributed by atoms with Crippen molar-refractivity contribution in [2.24, 2.45) is 0 Å². The van der Waals surface area contributed by atoms with Crippen LogP contribution in [0.25, 0.3) is 0 Å². The van der Waals surface area contributed by atoms with E-state index in [0.29, 0.717) is 12.1 Å².